The Hall–Kier alpha value is -1.63. The van der Waals surface area contributed by atoms with Crippen LogP contribution in [0.4, 0.5) is 0 Å². The lowest BCUT2D eigenvalue weighted by Crippen LogP contribution is -2.36. The minimum atomic E-state index is -0.173. The number of hydrogen-bond donors (Lipinski definition) is 1. The lowest BCUT2D eigenvalue weighted by molar-refractivity contribution is 0.0902. The third kappa shape index (κ3) is 4.02. The van der Waals surface area contributed by atoms with Crippen LogP contribution in [0.5, 0.6) is 0 Å². The van der Waals surface area contributed by atoms with Crippen molar-refractivity contribution in [1.82, 2.24) is 10.2 Å². The van der Waals surface area contributed by atoms with Gasteiger partial charge < -0.3 is 14.5 Å². The molecule has 5 nitrogen and oxygen atoms in total. The summed E-state index contributed by atoms with van der Waals surface area (Å²) in [6.45, 7) is 3.16. The Bertz CT molecular complexity index is 618. The van der Waals surface area contributed by atoms with Crippen LogP contribution >= 0.6 is 11.3 Å². The maximum absolute atomic E-state index is 12.3. The number of ether oxygens (including phenoxy) is 1. The minimum Gasteiger partial charge on any atom is -0.453 e. The second-order valence-electron chi connectivity index (χ2n) is 5.68. The van der Waals surface area contributed by atoms with Gasteiger partial charge in [0.25, 0.3) is 5.91 Å². The Morgan fingerprint density at radius 1 is 1.39 bits per heavy atom. The number of nitrogens with one attached hydrogen (secondary N) is 1. The molecule has 124 valence electrons. The Morgan fingerprint density at radius 2 is 2.22 bits per heavy atom. The molecule has 1 N–H and O–H groups in total. The molecule has 0 aliphatic carbocycles. The van der Waals surface area contributed by atoms with E-state index in [-0.39, 0.29) is 11.9 Å². The summed E-state index contributed by atoms with van der Waals surface area (Å²) >= 11 is 1.74. The Morgan fingerprint density at radius 3 is 2.91 bits per heavy atom. The summed E-state index contributed by atoms with van der Waals surface area (Å²) in [5.41, 5.74) is 0. The van der Waals surface area contributed by atoms with E-state index >= 15 is 0 Å². The summed E-state index contributed by atoms with van der Waals surface area (Å²) in [4.78, 5) is 16.0. The van der Waals surface area contributed by atoms with Crippen LogP contribution in [-0.2, 0) is 11.3 Å². The molecular weight excluding hydrogens is 312 g/mol. The average Bonchev–Trinajstić information content (AvgIpc) is 3.30. The summed E-state index contributed by atoms with van der Waals surface area (Å²) in [5.74, 6) is 0.823. The fourth-order valence-corrected chi connectivity index (χ4v) is 3.80. The van der Waals surface area contributed by atoms with Gasteiger partial charge in [-0.1, -0.05) is 6.07 Å². The van der Waals surface area contributed by atoms with Crippen LogP contribution in [0.15, 0.2) is 34.1 Å². The molecule has 0 radical (unpaired) electrons. The maximum Gasteiger partial charge on any atom is 0.287 e. The molecule has 0 aromatic carbocycles. The molecule has 1 atom stereocenters. The van der Waals surface area contributed by atoms with Crippen LogP contribution in [0.25, 0.3) is 0 Å². The smallest absolute Gasteiger partial charge is 0.287 e. The van der Waals surface area contributed by atoms with Gasteiger partial charge in [-0.2, -0.15) is 0 Å². The number of rotatable bonds is 7. The summed E-state index contributed by atoms with van der Waals surface area (Å²) in [7, 11) is 1.60. The predicted molar refractivity (Wildman–Crippen MR) is 89.6 cm³/mol. The second kappa shape index (κ2) is 7.77. The van der Waals surface area contributed by atoms with Crippen LogP contribution in [0.3, 0.4) is 0 Å². The van der Waals surface area contributed by atoms with Crippen molar-refractivity contribution in [2.24, 2.45) is 0 Å². The Kier molecular flexibility index (Phi) is 5.48. The van der Waals surface area contributed by atoms with Gasteiger partial charge in [0.05, 0.1) is 6.04 Å². The van der Waals surface area contributed by atoms with Crippen molar-refractivity contribution in [1.29, 1.82) is 0 Å². The summed E-state index contributed by atoms with van der Waals surface area (Å²) in [5, 5.41) is 5.10. The van der Waals surface area contributed by atoms with Gasteiger partial charge in [0.2, 0.25) is 0 Å². The first-order chi connectivity index (χ1) is 11.3. The fraction of sp³-hybridized carbons (Fsp3) is 0.471. The number of methoxy groups -OCH3 is 1. The number of amides is 1. The summed E-state index contributed by atoms with van der Waals surface area (Å²) in [6.07, 6.45) is 2.46. The zero-order chi connectivity index (χ0) is 16.1. The van der Waals surface area contributed by atoms with Gasteiger partial charge >= 0.3 is 0 Å². The molecule has 0 bridgehead atoms. The maximum atomic E-state index is 12.3. The van der Waals surface area contributed by atoms with Crippen LogP contribution in [0.1, 0.15) is 40.1 Å². The van der Waals surface area contributed by atoms with E-state index in [0.717, 1.165) is 13.1 Å². The third-order valence-corrected chi connectivity index (χ3v) is 5.05. The number of likely N-dealkylation sites (tertiary alicyclic amines) is 1. The molecule has 6 heteroatoms. The molecule has 0 saturated carbocycles. The molecule has 1 saturated heterocycles. The van der Waals surface area contributed by atoms with E-state index in [9.17, 15) is 4.79 Å². The van der Waals surface area contributed by atoms with Crippen molar-refractivity contribution in [3.05, 3.63) is 46.0 Å². The third-order valence-electron chi connectivity index (χ3n) is 4.08. The van der Waals surface area contributed by atoms with Crippen molar-refractivity contribution in [2.45, 2.75) is 25.5 Å². The highest BCUT2D eigenvalue weighted by Crippen LogP contribution is 2.27. The summed E-state index contributed by atoms with van der Waals surface area (Å²) in [6, 6.07) is 7.92. The molecule has 1 aliphatic rings. The summed E-state index contributed by atoms with van der Waals surface area (Å²) < 4.78 is 10.5. The molecule has 1 unspecified atom stereocenters. The van der Waals surface area contributed by atoms with E-state index in [2.05, 4.69) is 27.7 Å². The molecule has 2 aromatic rings. The monoisotopic (exact) mass is 334 g/mol. The Balaban J connectivity index is 1.62. The first-order valence-corrected chi connectivity index (χ1v) is 8.79. The molecule has 1 aliphatic heterocycles. The van der Waals surface area contributed by atoms with E-state index in [1.807, 2.05) is 0 Å². The van der Waals surface area contributed by atoms with Crippen molar-refractivity contribution in [2.75, 3.05) is 26.7 Å². The predicted octanol–water partition coefficient (Wildman–Crippen LogP) is 3.05. The largest absolute Gasteiger partial charge is 0.453 e. The molecular formula is C17H22N2O3S. The lowest BCUT2D eigenvalue weighted by Gasteiger charge is -2.26. The lowest BCUT2D eigenvalue weighted by atomic mass is 10.2. The van der Waals surface area contributed by atoms with E-state index in [1.165, 1.54) is 17.7 Å². The van der Waals surface area contributed by atoms with E-state index in [1.54, 1.807) is 30.6 Å². The van der Waals surface area contributed by atoms with Gasteiger partial charge in [-0.05, 0) is 49.5 Å². The molecule has 23 heavy (non-hydrogen) atoms. The van der Waals surface area contributed by atoms with E-state index in [0.29, 0.717) is 24.7 Å². The highest BCUT2D eigenvalue weighted by Gasteiger charge is 2.25. The molecule has 1 amide bonds. The topological polar surface area (TPSA) is 54.7 Å². The second-order valence-corrected chi connectivity index (χ2v) is 6.66. The van der Waals surface area contributed by atoms with Gasteiger partial charge in [-0.3, -0.25) is 9.69 Å². The number of thiophene rings is 1. The van der Waals surface area contributed by atoms with Crippen molar-refractivity contribution < 1.29 is 13.9 Å². The Labute approximate surface area is 140 Å². The van der Waals surface area contributed by atoms with Crippen molar-refractivity contribution >= 4 is 17.2 Å². The molecule has 3 heterocycles. The minimum absolute atomic E-state index is 0.173. The van der Waals surface area contributed by atoms with Crippen LogP contribution in [0.2, 0.25) is 0 Å². The highest BCUT2D eigenvalue weighted by molar-refractivity contribution is 7.10. The number of furan rings is 1. The molecule has 0 spiro atoms. The number of carbonyl (C=O) groups is 1. The number of hydrogen-bond acceptors (Lipinski definition) is 5. The molecule has 2 aromatic heterocycles. The van der Waals surface area contributed by atoms with Crippen LogP contribution < -0.4 is 5.32 Å². The van der Waals surface area contributed by atoms with E-state index in [4.69, 9.17) is 9.15 Å². The van der Waals surface area contributed by atoms with Crippen molar-refractivity contribution in [3.63, 3.8) is 0 Å². The number of nitrogens with zero attached hydrogens (tertiary/aromatic N) is 1. The SMILES string of the molecule is COCc1ccc(C(=O)NCC(c2cccs2)N2CCCC2)o1. The molecule has 3 rings (SSSR count). The van der Waals surface area contributed by atoms with Gasteiger partial charge in [0.1, 0.15) is 12.4 Å². The van der Waals surface area contributed by atoms with Gasteiger partial charge in [-0.25, -0.2) is 0 Å². The molecule has 1 fully saturated rings. The van der Waals surface area contributed by atoms with Crippen LogP contribution in [-0.4, -0.2) is 37.6 Å². The fourth-order valence-electron chi connectivity index (χ4n) is 2.94. The standard InChI is InChI=1S/C17H22N2O3S/c1-21-12-13-6-7-15(22-13)17(20)18-11-14(16-5-4-10-23-16)19-8-2-3-9-19/h4-7,10,14H,2-3,8-9,11-12H2,1H3,(H,18,20). The van der Waals surface area contributed by atoms with Gasteiger partial charge in [0.15, 0.2) is 5.76 Å². The quantitative estimate of drug-likeness (QED) is 0.845. The normalized spacial score (nSPS) is 16.6. The number of carbonyl (C=O) groups excluding carboxylic acids is 1. The highest BCUT2D eigenvalue weighted by atomic mass is 32.1. The first-order valence-electron chi connectivity index (χ1n) is 7.91. The zero-order valence-corrected chi connectivity index (χ0v) is 14.1. The van der Waals surface area contributed by atoms with Gasteiger partial charge in [-0.15, -0.1) is 11.3 Å². The van der Waals surface area contributed by atoms with E-state index < -0.39 is 0 Å². The first kappa shape index (κ1) is 16.2. The van der Waals surface area contributed by atoms with Crippen LogP contribution in [0, 0.1) is 0 Å². The van der Waals surface area contributed by atoms with Gasteiger partial charge in [0, 0.05) is 18.5 Å². The zero-order valence-electron chi connectivity index (χ0n) is 13.3. The average molecular weight is 334 g/mol. The van der Waals surface area contributed by atoms with Crippen molar-refractivity contribution in [3.8, 4) is 0 Å².